The predicted octanol–water partition coefficient (Wildman–Crippen LogP) is 6.78. The van der Waals surface area contributed by atoms with Crippen molar-refractivity contribution in [3.05, 3.63) is 213 Å². The molecule has 0 radical (unpaired) electrons. The van der Waals surface area contributed by atoms with Crippen LogP contribution in [0, 0.1) is 0 Å². The van der Waals surface area contributed by atoms with Crippen LogP contribution in [-0.4, -0.2) is 10.1 Å². The van der Waals surface area contributed by atoms with Gasteiger partial charge in [0.15, 0.2) is 0 Å². The molecule has 0 spiro atoms. The van der Waals surface area contributed by atoms with Crippen LogP contribution < -0.4 is 21.2 Å². The van der Waals surface area contributed by atoms with Gasteiger partial charge in [0.25, 0.3) is 0 Å². The third-order valence-corrected chi connectivity index (χ3v) is 9.43. The molecule has 7 aromatic rings. The average Bonchev–Trinajstić information content (AvgIpc) is 4.01. The minimum absolute atomic E-state index is 0.883. The standard InChI is InChI=1S/C44H27N4.3O.Re/c1-5-13-28(14-6-1)40-32-27-37-42(30-17-9-3-10-18-30)35-22-21-33(45-35)41(29-15-7-2-8-16-29)34-23-24-36(46-34)43(31-19-11-4-12-20-31)39-26-25-38(40)48(39)44(32)47-37;;;;/h1-27H;;;;/q-1;;;;. The van der Waals surface area contributed by atoms with Gasteiger partial charge in [-0.1, -0.05) is 133 Å². The first-order valence-corrected chi connectivity index (χ1v) is 20.0. The Morgan fingerprint density at radius 2 is 1.04 bits per heavy atom. The Morgan fingerprint density at radius 3 is 1.63 bits per heavy atom. The van der Waals surface area contributed by atoms with Crippen molar-refractivity contribution in [1.29, 1.82) is 0 Å². The summed E-state index contributed by atoms with van der Waals surface area (Å²) in [6.45, 7) is 0. The first kappa shape index (κ1) is 31.5. The van der Waals surface area contributed by atoms with Gasteiger partial charge in [-0.15, -0.1) is 10.7 Å². The van der Waals surface area contributed by atoms with Crippen LogP contribution in [-0.2, 0) is 27.0 Å². The summed E-state index contributed by atoms with van der Waals surface area (Å²) in [4.78, 5) is 16.2. The summed E-state index contributed by atoms with van der Waals surface area (Å²) < 4.78 is 28.1. The van der Waals surface area contributed by atoms with Crippen LogP contribution in [0.3, 0.4) is 0 Å². The first-order chi connectivity index (χ1) is 25.5. The Labute approximate surface area is 303 Å². The van der Waals surface area contributed by atoms with Gasteiger partial charge >= 0.3 is 27.0 Å². The molecule has 0 atom stereocenters. The van der Waals surface area contributed by atoms with Gasteiger partial charge in [0.05, 0.1) is 28.3 Å². The van der Waals surface area contributed by atoms with Crippen molar-refractivity contribution in [3.8, 4) is 11.1 Å². The van der Waals surface area contributed by atoms with Crippen LogP contribution >= 0.6 is 0 Å². The fourth-order valence-electron chi connectivity index (χ4n) is 7.37. The van der Waals surface area contributed by atoms with Crippen LogP contribution in [0.2, 0.25) is 0 Å². The predicted molar refractivity (Wildman–Crippen MR) is 196 cm³/mol. The van der Waals surface area contributed by atoms with Gasteiger partial charge < -0.3 is 4.98 Å². The summed E-state index contributed by atoms with van der Waals surface area (Å²) in [5.74, 6) is 0. The Balaban J connectivity index is 0.000000859. The van der Waals surface area contributed by atoms with Crippen molar-refractivity contribution in [3.63, 3.8) is 0 Å². The van der Waals surface area contributed by atoms with E-state index in [0.29, 0.717) is 0 Å². The van der Waals surface area contributed by atoms with E-state index in [1.807, 2.05) is 6.07 Å². The van der Waals surface area contributed by atoms with E-state index in [-0.39, 0.29) is 0 Å². The second-order valence-electron chi connectivity index (χ2n) is 12.4. The first-order valence-electron chi connectivity index (χ1n) is 16.7. The van der Waals surface area contributed by atoms with Gasteiger partial charge in [-0.3, -0.25) is 4.40 Å². The molecule has 0 aliphatic carbocycles. The van der Waals surface area contributed by atoms with E-state index in [1.54, 1.807) is 0 Å². The molecule has 3 aromatic heterocycles. The van der Waals surface area contributed by atoms with E-state index in [2.05, 4.69) is 162 Å². The second kappa shape index (κ2) is 13.0. The van der Waals surface area contributed by atoms with E-state index >= 15 is 0 Å². The van der Waals surface area contributed by atoms with Gasteiger partial charge in [-0.2, -0.15) is 0 Å². The normalized spacial score (nSPS) is 14.2. The zero-order valence-corrected chi connectivity index (χ0v) is 30.2. The number of aliphatic imine (C=N–C) groups is 1. The molecule has 0 fully saturated rings. The van der Waals surface area contributed by atoms with Gasteiger partial charge in [-0.25, -0.2) is 9.98 Å². The van der Waals surface area contributed by atoms with Crippen molar-refractivity contribution in [1.82, 2.24) is 9.38 Å². The Kier molecular flexibility index (Phi) is 7.89. The van der Waals surface area contributed by atoms with Crippen molar-refractivity contribution in [2.24, 2.45) is 9.98 Å². The number of nitrogens with zero attached hydrogens (tertiary/aromatic N) is 4. The molecule has 0 saturated heterocycles. The number of aromatic nitrogens is 2. The monoisotopic (exact) mass is 846 g/mol. The quantitative estimate of drug-likeness (QED) is 0.195. The zero-order valence-electron chi connectivity index (χ0n) is 27.5. The Hall–Kier alpha value is -6.46. The van der Waals surface area contributed by atoms with E-state index in [4.69, 9.17) is 25.4 Å². The number of allylic oxidation sites excluding steroid dienone is 3. The number of rotatable bonds is 4. The molecule has 4 aromatic carbocycles. The summed E-state index contributed by atoms with van der Waals surface area (Å²) in [5.41, 5.74) is 15.6. The molecule has 0 unspecified atom stereocenters. The van der Waals surface area contributed by atoms with Crippen molar-refractivity contribution in [2.75, 3.05) is 0 Å². The van der Waals surface area contributed by atoms with Crippen LogP contribution in [0.4, 0.5) is 0 Å². The fourth-order valence-corrected chi connectivity index (χ4v) is 7.37. The second-order valence-corrected chi connectivity index (χ2v) is 13.8. The van der Waals surface area contributed by atoms with Gasteiger partial charge in [-0.05, 0) is 63.8 Å². The molecule has 3 aliphatic rings. The molecule has 8 heteroatoms. The van der Waals surface area contributed by atoms with Crippen LogP contribution in [0.1, 0.15) is 27.9 Å². The maximum absolute atomic E-state index is 8.60. The number of benzene rings is 4. The molecule has 6 bridgehead atoms. The summed E-state index contributed by atoms with van der Waals surface area (Å²) in [6, 6.07) is 50.9. The molecule has 10 rings (SSSR count). The molecule has 0 amide bonds. The minimum atomic E-state index is -4.21. The summed E-state index contributed by atoms with van der Waals surface area (Å²) >= 11 is -4.21. The van der Waals surface area contributed by atoms with E-state index in [9.17, 15) is 0 Å². The number of hydrogen-bond acceptors (Lipinski definition) is 5. The topological polar surface area (TPSA) is 94.4 Å². The summed E-state index contributed by atoms with van der Waals surface area (Å²) in [6.07, 6.45) is 6.54. The molecule has 6 heterocycles. The SMILES string of the molecule is C1=CC2=C(c3ccccc3)c3ccc4c(-c5ccccc5)c5c(n34)=NC(=C5)C(c3ccccc3)=c3ccc([n-]3)=C(c3ccccc3)C1=N2.[O]=[Re](=[O])=[O]. The van der Waals surface area contributed by atoms with Crippen molar-refractivity contribution >= 4 is 34.0 Å². The molecule has 0 N–H and O–H groups in total. The van der Waals surface area contributed by atoms with Crippen LogP contribution in [0.25, 0.3) is 39.4 Å². The van der Waals surface area contributed by atoms with Crippen molar-refractivity contribution < 1.29 is 27.0 Å². The molecular formula is C44H27N4O3Re-. The van der Waals surface area contributed by atoms with Gasteiger partial charge in [0.1, 0.15) is 5.49 Å². The average molecular weight is 846 g/mol. The van der Waals surface area contributed by atoms with Gasteiger partial charge in [0, 0.05) is 16.7 Å². The summed E-state index contributed by atoms with van der Waals surface area (Å²) in [5, 5.41) is 1.77. The molecular weight excluding hydrogens is 819 g/mol. The Bertz CT molecular complexity index is 2970. The zero-order chi connectivity index (χ0) is 35.2. The van der Waals surface area contributed by atoms with Crippen LogP contribution in [0.15, 0.2) is 179 Å². The van der Waals surface area contributed by atoms with Crippen LogP contribution in [0.5, 0.6) is 0 Å². The van der Waals surface area contributed by atoms with E-state index < -0.39 is 16.6 Å². The maximum atomic E-state index is 8.60. The third kappa shape index (κ3) is 5.42. The molecule has 3 aliphatic heterocycles. The molecule has 52 heavy (non-hydrogen) atoms. The summed E-state index contributed by atoms with van der Waals surface area (Å²) in [7, 11) is 0. The van der Waals surface area contributed by atoms with Gasteiger partial charge in [0.2, 0.25) is 0 Å². The van der Waals surface area contributed by atoms with E-state index in [0.717, 1.165) is 89.0 Å². The van der Waals surface area contributed by atoms with E-state index in [1.165, 1.54) is 5.56 Å². The fraction of sp³-hybridized carbons (Fsp3) is 0. The molecule has 0 saturated carbocycles. The number of hydrogen-bond donors (Lipinski definition) is 0. The number of fused-ring (bicyclic) bond motifs is 4. The van der Waals surface area contributed by atoms with Crippen molar-refractivity contribution in [2.45, 2.75) is 0 Å². The third-order valence-electron chi connectivity index (χ3n) is 9.43. The Morgan fingerprint density at radius 1 is 0.519 bits per heavy atom. The molecule has 7 nitrogen and oxygen atoms in total. The molecule has 249 valence electrons.